The number of carbonyl (C=O) groups excluding carboxylic acids is 2. The van der Waals surface area contributed by atoms with Crippen LogP contribution in [0.2, 0.25) is 0 Å². The van der Waals surface area contributed by atoms with Crippen LogP contribution in [0.1, 0.15) is 25.7 Å². The van der Waals surface area contributed by atoms with Gasteiger partial charge in [-0.05, 0) is 43.5 Å². The summed E-state index contributed by atoms with van der Waals surface area (Å²) >= 11 is 0. The lowest BCUT2D eigenvalue weighted by atomic mass is 10.0. The molecule has 134 valence electrons. The predicted molar refractivity (Wildman–Crippen MR) is 87.5 cm³/mol. The fraction of sp³-hybridized carbons (Fsp3) is 0.471. The van der Waals surface area contributed by atoms with E-state index in [0.29, 0.717) is 38.0 Å². The number of nitrogens with one attached hydrogen (secondary N) is 2. The van der Waals surface area contributed by atoms with Crippen LogP contribution in [-0.2, 0) is 9.59 Å². The van der Waals surface area contributed by atoms with E-state index in [0.717, 1.165) is 0 Å². The van der Waals surface area contributed by atoms with E-state index < -0.39 is 17.4 Å². The van der Waals surface area contributed by atoms with E-state index >= 15 is 0 Å². The highest BCUT2D eigenvalue weighted by Crippen LogP contribution is 2.49. The zero-order chi connectivity index (χ0) is 18.0. The number of anilines is 1. The normalized spacial score (nSPS) is 20.8. The Morgan fingerprint density at radius 1 is 1.24 bits per heavy atom. The van der Waals surface area contributed by atoms with E-state index in [4.69, 9.17) is 5.11 Å². The summed E-state index contributed by atoms with van der Waals surface area (Å²) in [4.78, 5) is 37.0. The number of carboxylic acids is 1. The van der Waals surface area contributed by atoms with E-state index in [1.807, 2.05) is 0 Å². The van der Waals surface area contributed by atoms with Crippen molar-refractivity contribution in [3.05, 3.63) is 30.1 Å². The van der Waals surface area contributed by atoms with Gasteiger partial charge in [0.1, 0.15) is 5.82 Å². The van der Waals surface area contributed by atoms with Crippen molar-refractivity contribution in [1.82, 2.24) is 10.2 Å². The quantitative estimate of drug-likeness (QED) is 0.755. The summed E-state index contributed by atoms with van der Waals surface area (Å²) in [5, 5.41) is 14.5. The number of hydrogen-bond donors (Lipinski definition) is 3. The van der Waals surface area contributed by atoms with Gasteiger partial charge in [-0.1, -0.05) is 0 Å². The van der Waals surface area contributed by atoms with Crippen molar-refractivity contribution in [2.24, 2.45) is 5.41 Å². The minimum Gasteiger partial charge on any atom is -0.481 e. The number of amides is 3. The van der Waals surface area contributed by atoms with Crippen molar-refractivity contribution in [2.75, 3.05) is 18.4 Å². The number of halogens is 1. The number of nitrogens with zero attached hydrogens (tertiary/aromatic N) is 1. The Morgan fingerprint density at radius 3 is 2.52 bits per heavy atom. The monoisotopic (exact) mass is 349 g/mol. The molecule has 1 aliphatic heterocycles. The van der Waals surface area contributed by atoms with Gasteiger partial charge in [0.25, 0.3) is 0 Å². The summed E-state index contributed by atoms with van der Waals surface area (Å²) in [5.41, 5.74) is -0.398. The molecule has 8 heteroatoms. The molecule has 1 heterocycles. The maximum Gasteiger partial charge on any atom is 0.319 e. The van der Waals surface area contributed by atoms with Crippen molar-refractivity contribution < 1.29 is 23.9 Å². The van der Waals surface area contributed by atoms with Crippen molar-refractivity contribution >= 4 is 23.6 Å². The third-order valence-electron chi connectivity index (χ3n) is 4.78. The summed E-state index contributed by atoms with van der Waals surface area (Å²) in [7, 11) is 0. The number of hydrogen-bond acceptors (Lipinski definition) is 3. The molecule has 1 aromatic rings. The minimum absolute atomic E-state index is 0.0246. The van der Waals surface area contributed by atoms with Gasteiger partial charge in [0.05, 0.1) is 5.41 Å². The Kier molecular flexibility index (Phi) is 4.61. The lowest BCUT2D eigenvalue weighted by molar-refractivity contribution is -0.147. The molecule has 2 fully saturated rings. The van der Waals surface area contributed by atoms with Gasteiger partial charge in [-0.3, -0.25) is 9.59 Å². The molecule has 1 aliphatic carbocycles. The van der Waals surface area contributed by atoms with Gasteiger partial charge in [-0.2, -0.15) is 0 Å². The van der Waals surface area contributed by atoms with Gasteiger partial charge in [-0.25, -0.2) is 9.18 Å². The van der Waals surface area contributed by atoms with Crippen molar-refractivity contribution in [3.8, 4) is 0 Å². The highest BCUT2D eigenvalue weighted by atomic mass is 19.1. The van der Waals surface area contributed by atoms with Gasteiger partial charge >= 0.3 is 12.0 Å². The highest BCUT2D eigenvalue weighted by Gasteiger charge is 2.52. The number of carbonyl (C=O) groups is 3. The Morgan fingerprint density at radius 2 is 1.92 bits per heavy atom. The fourth-order valence-corrected chi connectivity index (χ4v) is 3.01. The molecule has 3 rings (SSSR count). The third-order valence-corrected chi connectivity index (χ3v) is 4.78. The van der Waals surface area contributed by atoms with Gasteiger partial charge in [0, 0.05) is 31.2 Å². The van der Waals surface area contributed by atoms with Crippen LogP contribution in [0.25, 0.3) is 0 Å². The minimum atomic E-state index is -0.909. The molecule has 1 saturated carbocycles. The first-order chi connectivity index (χ1) is 11.9. The van der Waals surface area contributed by atoms with E-state index in [2.05, 4.69) is 10.6 Å². The first kappa shape index (κ1) is 17.2. The summed E-state index contributed by atoms with van der Waals surface area (Å²) in [6.45, 7) is 0.862. The van der Waals surface area contributed by atoms with Gasteiger partial charge in [-0.15, -0.1) is 0 Å². The molecule has 2 aliphatic rings. The zero-order valence-corrected chi connectivity index (χ0v) is 13.6. The summed E-state index contributed by atoms with van der Waals surface area (Å²) in [6.07, 6.45) is 1.73. The van der Waals surface area contributed by atoms with Gasteiger partial charge < -0.3 is 20.6 Å². The highest BCUT2D eigenvalue weighted by molar-refractivity contribution is 5.90. The van der Waals surface area contributed by atoms with Crippen molar-refractivity contribution in [1.29, 1.82) is 0 Å². The van der Waals surface area contributed by atoms with Crippen molar-refractivity contribution in [3.63, 3.8) is 0 Å². The second-order valence-corrected chi connectivity index (χ2v) is 6.69. The smallest absolute Gasteiger partial charge is 0.319 e. The standard InChI is InChI=1S/C17H20FN3O4/c18-11-1-3-12(4-2-11)19-16(25)20-13-5-8-21(10-13)14(22)9-17(6-7-17)15(23)24/h1-4,13H,5-10H2,(H,23,24)(H2,19,20,25). The molecule has 25 heavy (non-hydrogen) atoms. The molecule has 1 unspecified atom stereocenters. The first-order valence-corrected chi connectivity index (χ1v) is 8.22. The summed E-state index contributed by atoms with van der Waals surface area (Å²) in [5.74, 6) is -1.47. The van der Waals surface area contributed by atoms with Crippen LogP contribution in [-0.4, -0.2) is 47.0 Å². The molecular formula is C17H20FN3O4. The van der Waals surface area contributed by atoms with E-state index in [1.54, 1.807) is 4.90 Å². The Labute approximate surface area is 144 Å². The van der Waals surface area contributed by atoms with Crippen LogP contribution in [0.5, 0.6) is 0 Å². The zero-order valence-electron chi connectivity index (χ0n) is 13.6. The molecule has 0 radical (unpaired) electrons. The molecule has 1 saturated heterocycles. The van der Waals surface area contributed by atoms with Crippen LogP contribution in [0.3, 0.4) is 0 Å². The molecule has 0 aromatic heterocycles. The average Bonchev–Trinajstić information content (AvgIpc) is 3.20. The predicted octanol–water partition coefficient (Wildman–Crippen LogP) is 1.80. The second kappa shape index (κ2) is 6.70. The Bertz CT molecular complexity index is 688. The summed E-state index contributed by atoms with van der Waals surface area (Å²) in [6, 6.07) is 4.81. The lowest BCUT2D eigenvalue weighted by Gasteiger charge is -2.19. The van der Waals surface area contributed by atoms with E-state index in [-0.39, 0.29) is 24.2 Å². The van der Waals surface area contributed by atoms with Crippen LogP contribution in [0.4, 0.5) is 14.9 Å². The Balaban J connectivity index is 1.46. The molecule has 3 amide bonds. The molecular weight excluding hydrogens is 329 g/mol. The SMILES string of the molecule is O=C(Nc1ccc(F)cc1)NC1CCN(C(=O)CC2(C(=O)O)CC2)C1. The van der Waals surface area contributed by atoms with Crippen LogP contribution in [0, 0.1) is 11.2 Å². The van der Waals surface area contributed by atoms with Gasteiger partial charge in [0.2, 0.25) is 5.91 Å². The maximum absolute atomic E-state index is 12.8. The first-order valence-electron chi connectivity index (χ1n) is 8.22. The lowest BCUT2D eigenvalue weighted by Crippen LogP contribution is -2.41. The second-order valence-electron chi connectivity index (χ2n) is 6.69. The number of benzene rings is 1. The Hall–Kier alpha value is -2.64. The van der Waals surface area contributed by atoms with Crippen LogP contribution >= 0.6 is 0 Å². The topological polar surface area (TPSA) is 98.7 Å². The number of likely N-dealkylation sites (tertiary alicyclic amines) is 1. The van der Waals surface area contributed by atoms with Crippen molar-refractivity contribution in [2.45, 2.75) is 31.7 Å². The largest absolute Gasteiger partial charge is 0.481 e. The van der Waals surface area contributed by atoms with E-state index in [1.165, 1.54) is 24.3 Å². The van der Waals surface area contributed by atoms with Crippen LogP contribution < -0.4 is 10.6 Å². The number of aliphatic carboxylic acids is 1. The molecule has 3 N–H and O–H groups in total. The average molecular weight is 349 g/mol. The molecule has 0 bridgehead atoms. The van der Waals surface area contributed by atoms with Gasteiger partial charge in [0.15, 0.2) is 0 Å². The summed E-state index contributed by atoms with van der Waals surface area (Å²) < 4.78 is 12.8. The fourth-order valence-electron chi connectivity index (χ4n) is 3.01. The molecule has 0 spiro atoms. The molecule has 1 aromatic carbocycles. The van der Waals surface area contributed by atoms with E-state index in [9.17, 15) is 18.8 Å². The van der Waals surface area contributed by atoms with Crippen LogP contribution in [0.15, 0.2) is 24.3 Å². The third kappa shape index (κ3) is 4.07. The number of urea groups is 1. The molecule has 1 atom stereocenters. The number of carboxylic acid groups (broad SMARTS) is 1. The number of rotatable bonds is 5. The maximum atomic E-state index is 12.8. The molecule has 7 nitrogen and oxygen atoms in total.